The first-order valence-electron chi connectivity index (χ1n) is 5.14. The van der Waals surface area contributed by atoms with Gasteiger partial charge in [-0.25, -0.2) is 0 Å². The maximum atomic E-state index is 6.13. The minimum atomic E-state index is 0.601. The van der Waals surface area contributed by atoms with Gasteiger partial charge in [0, 0.05) is 22.2 Å². The molecule has 1 aliphatic carbocycles. The first-order chi connectivity index (χ1) is 8.16. The number of anilines is 2. The van der Waals surface area contributed by atoms with E-state index in [9.17, 15) is 0 Å². The van der Waals surface area contributed by atoms with E-state index >= 15 is 0 Å². The van der Waals surface area contributed by atoms with E-state index in [1.165, 1.54) is 4.91 Å². The summed E-state index contributed by atoms with van der Waals surface area (Å²) in [5, 5.41) is 0.601. The van der Waals surface area contributed by atoms with Gasteiger partial charge in [0.2, 0.25) is 0 Å². The van der Waals surface area contributed by atoms with Crippen LogP contribution in [0, 0.1) is 0 Å². The number of aromatic nitrogens is 1. The second kappa shape index (κ2) is 3.82. The molecule has 3 nitrogen and oxygen atoms in total. The molecular formula is C12H10ClN3S. The smallest absolute Gasteiger partial charge is 0.0960 e. The Hall–Kier alpha value is -1.39. The van der Waals surface area contributed by atoms with Gasteiger partial charge in [-0.1, -0.05) is 11.6 Å². The number of rotatable bonds is 0. The van der Waals surface area contributed by atoms with Crippen molar-refractivity contribution in [3.8, 4) is 11.3 Å². The highest BCUT2D eigenvalue weighted by Gasteiger charge is 2.23. The molecule has 0 aromatic carbocycles. The number of nitrogens with zero attached hydrogens (tertiary/aromatic N) is 1. The third-order valence-electron chi connectivity index (χ3n) is 2.73. The Balaban J connectivity index is 2.35. The van der Waals surface area contributed by atoms with Crippen LogP contribution in [-0.2, 0) is 0 Å². The van der Waals surface area contributed by atoms with Crippen molar-refractivity contribution in [3.05, 3.63) is 33.8 Å². The first-order valence-corrected chi connectivity index (χ1v) is 6.34. The van der Waals surface area contributed by atoms with Crippen molar-refractivity contribution in [2.24, 2.45) is 0 Å². The lowest BCUT2D eigenvalue weighted by Gasteiger charge is -2.12. The maximum Gasteiger partial charge on any atom is 0.0960 e. The Kier molecular flexibility index (Phi) is 2.42. The molecule has 3 aliphatic rings. The Morgan fingerprint density at radius 3 is 3.06 bits per heavy atom. The van der Waals surface area contributed by atoms with Crippen LogP contribution in [-0.4, -0.2) is 4.98 Å². The molecule has 86 valence electrons. The van der Waals surface area contributed by atoms with Gasteiger partial charge in [-0.3, -0.25) is 4.98 Å². The molecule has 0 aromatic heterocycles. The van der Waals surface area contributed by atoms with Crippen LogP contribution in [0.1, 0.15) is 12.5 Å². The number of hydrogen-bond donors (Lipinski definition) is 2. The molecule has 3 N–H and O–H groups in total. The fraction of sp³-hybridized carbons (Fsp3) is 0.0833. The standard InChI is InChI=1S/C12H10ClN3S/c1-6-4-9-10(14)12-8(11(9)16-17-6)3-2-7(13)5-15-12/h2-5,16H,14H2,1H3. The molecule has 17 heavy (non-hydrogen) atoms. The number of nitrogens with one attached hydrogen (secondary N) is 1. The Bertz CT molecular complexity index is 609. The molecule has 2 aliphatic heterocycles. The van der Waals surface area contributed by atoms with Crippen molar-refractivity contribution >= 4 is 41.0 Å². The topological polar surface area (TPSA) is 50.9 Å². The van der Waals surface area contributed by atoms with Crippen molar-refractivity contribution in [1.29, 1.82) is 0 Å². The predicted molar refractivity (Wildman–Crippen MR) is 75.1 cm³/mol. The molecule has 0 fully saturated rings. The molecular weight excluding hydrogens is 254 g/mol. The van der Waals surface area contributed by atoms with E-state index in [1.807, 2.05) is 19.1 Å². The van der Waals surface area contributed by atoms with Gasteiger partial charge in [0.1, 0.15) is 0 Å². The zero-order valence-electron chi connectivity index (χ0n) is 9.12. The van der Waals surface area contributed by atoms with Crippen LogP contribution < -0.4 is 10.5 Å². The summed E-state index contributed by atoms with van der Waals surface area (Å²) in [6, 6.07) is 3.77. The second-order valence-corrected chi connectivity index (χ2v) is 5.39. The van der Waals surface area contributed by atoms with Gasteiger partial charge in [-0.2, -0.15) is 0 Å². The lowest BCUT2D eigenvalue weighted by molar-refractivity contribution is 1.38. The molecule has 0 saturated carbocycles. The number of allylic oxidation sites excluding steroid dienone is 1. The molecule has 0 unspecified atom stereocenters. The average molecular weight is 264 g/mol. The Morgan fingerprint density at radius 1 is 1.41 bits per heavy atom. The minimum Gasteiger partial charge on any atom is -0.396 e. The van der Waals surface area contributed by atoms with E-state index in [4.69, 9.17) is 17.3 Å². The van der Waals surface area contributed by atoms with E-state index in [2.05, 4.69) is 15.8 Å². The quantitative estimate of drug-likeness (QED) is 0.709. The van der Waals surface area contributed by atoms with Gasteiger partial charge in [-0.15, -0.1) is 0 Å². The van der Waals surface area contributed by atoms with Gasteiger partial charge in [0.15, 0.2) is 0 Å². The summed E-state index contributed by atoms with van der Waals surface area (Å²) < 4.78 is 3.29. The van der Waals surface area contributed by atoms with Crippen LogP contribution in [0.2, 0.25) is 5.02 Å². The van der Waals surface area contributed by atoms with Gasteiger partial charge in [0.05, 0.1) is 22.1 Å². The molecule has 5 heteroatoms. The summed E-state index contributed by atoms with van der Waals surface area (Å²) in [7, 11) is 0. The van der Waals surface area contributed by atoms with E-state index in [-0.39, 0.29) is 0 Å². The summed E-state index contributed by atoms with van der Waals surface area (Å²) in [6.07, 6.45) is 3.70. The molecule has 0 spiro atoms. The molecule has 0 aromatic rings. The van der Waals surface area contributed by atoms with Crippen LogP contribution >= 0.6 is 23.5 Å². The van der Waals surface area contributed by atoms with Gasteiger partial charge >= 0.3 is 0 Å². The highest BCUT2D eigenvalue weighted by molar-refractivity contribution is 8.04. The number of hydrogen-bond acceptors (Lipinski definition) is 4. The lowest BCUT2D eigenvalue weighted by Crippen LogP contribution is -1.94. The molecule has 0 saturated heterocycles. The van der Waals surface area contributed by atoms with Crippen molar-refractivity contribution in [3.63, 3.8) is 0 Å². The van der Waals surface area contributed by atoms with Crippen LogP contribution in [0.3, 0.4) is 0 Å². The highest BCUT2D eigenvalue weighted by Crippen LogP contribution is 2.47. The minimum absolute atomic E-state index is 0.601. The number of fused-ring (bicyclic) bond motifs is 3. The SMILES string of the molecule is CC1=Cc2c(N)c3ncc(Cl)ccc-3c2NS1. The summed E-state index contributed by atoms with van der Waals surface area (Å²) in [4.78, 5) is 5.52. The normalized spacial score (nSPS) is 14.1. The van der Waals surface area contributed by atoms with Gasteiger partial charge in [-0.05, 0) is 37.1 Å². The summed E-state index contributed by atoms with van der Waals surface area (Å²) in [5.74, 6) is 0. The fourth-order valence-corrected chi connectivity index (χ4v) is 2.70. The third kappa shape index (κ3) is 1.64. The molecule has 0 radical (unpaired) electrons. The fourth-order valence-electron chi connectivity index (χ4n) is 1.93. The van der Waals surface area contributed by atoms with Crippen molar-refractivity contribution in [2.45, 2.75) is 6.92 Å². The molecule has 0 atom stereocenters. The zero-order valence-corrected chi connectivity index (χ0v) is 10.7. The van der Waals surface area contributed by atoms with Crippen molar-refractivity contribution in [2.75, 3.05) is 10.5 Å². The number of halogens is 1. The zero-order chi connectivity index (χ0) is 12.0. The van der Waals surface area contributed by atoms with E-state index in [1.54, 1.807) is 18.1 Å². The Morgan fingerprint density at radius 2 is 2.24 bits per heavy atom. The summed E-state index contributed by atoms with van der Waals surface area (Å²) >= 11 is 7.51. The first kappa shape index (κ1) is 10.7. The van der Waals surface area contributed by atoms with Gasteiger partial charge < -0.3 is 10.5 Å². The molecule has 2 heterocycles. The van der Waals surface area contributed by atoms with E-state index < -0.39 is 0 Å². The molecule has 3 rings (SSSR count). The van der Waals surface area contributed by atoms with Crippen molar-refractivity contribution in [1.82, 2.24) is 4.98 Å². The van der Waals surface area contributed by atoms with E-state index in [0.29, 0.717) is 10.7 Å². The van der Waals surface area contributed by atoms with Crippen LogP contribution in [0.25, 0.3) is 17.3 Å². The summed E-state index contributed by atoms with van der Waals surface area (Å²) in [5.41, 5.74) is 10.7. The maximum absolute atomic E-state index is 6.13. The van der Waals surface area contributed by atoms with Crippen molar-refractivity contribution < 1.29 is 0 Å². The lowest BCUT2D eigenvalue weighted by atomic mass is 10.2. The molecule has 0 amide bonds. The van der Waals surface area contributed by atoms with Gasteiger partial charge in [0.25, 0.3) is 0 Å². The largest absolute Gasteiger partial charge is 0.396 e. The molecule has 0 bridgehead atoms. The third-order valence-corrected chi connectivity index (χ3v) is 3.70. The van der Waals surface area contributed by atoms with Crippen LogP contribution in [0.15, 0.2) is 23.2 Å². The van der Waals surface area contributed by atoms with Crippen LogP contribution in [0.5, 0.6) is 0 Å². The number of nitrogens with two attached hydrogens (primary N) is 1. The monoisotopic (exact) mass is 263 g/mol. The Labute approximate surface area is 109 Å². The highest BCUT2D eigenvalue weighted by atomic mass is 35.5. The van der Waals surface area contributed by atoms with E-state index in [0.717, 1.165) is 22.5 Å². The predicted octanol–water partition coefficient (Wildman–Crippen LogP) is 3.86. The second-order valence-electron chi connectivity index (χ2n) is 3.90. The average Bonchev–Trinajstić information content (AvgIpc) is 2.47. The number of nitrogen functional groups attached to an aromatic ring is 1. The van der Waals surface area contributed by atoms with Crippen LogP contribution in [0.4, 0.5) is 11.4 Å². The summed E-state index contributed by atoms with van der Waals surface area (Å²) in [6.45, 7) is 2.04.